The van der Waals surface area contributed by atoms with E-state index in [0.29, 0.717) is 12.1 Å². The van der Waals surface area contributed by atoms with Gasteiger partial charge in [-0.3, -0.25) is 4.79 Å². The third kappa shape index (κ3) is 5.84. The van der Waals surface area contributed by atoms with Crippen molar-refractivity contribution in [3.05, 3.63) is 95.6 Å². The molecule has 0 aliphatic rings. The molecule has 1 amide bonds. The number of primary amides is 1. The molecule has 0 spiro atoms. The minimum atomic E-state index is -3.50. The molecular weight excluding hydrogens is 420 g/mol. The number of rotatable bonds is 9. The van der Waals surface area contributed by atoms with Crippen molar-refractivity contribution in [1.29, 1.82) is 0 Å². The average molecular weight is 451 g/mol. The highest BCUT2D eigenvalue weighted by molar-refractivity contribution is 7.88. The summed E-state index contributed by atoms with van der Waals surface area (Å²) in [5, 5.41) is 0. The van der Waals surface area contributed by atoms with E-state index in [9.17, 15) is 13.2 Å². The Hall–Kier alpha value is -2.96. The zero-order valence-electron chi connectivity index (χ0n) is 18.7. The second kappa shape index (κ2) is 10.1. The van der Waals surface area contributed by atoms with Crippen LogP contribution >= 0.6 is 0 Å². The molecule has 3 aromatic carbocycles. The second-order valence-corrected chi connectivity index (χ2v) is 10.4. The number of carbonyl (C=O) groups is 1. The minimum Gasteiger partial charge on any atom is -0.366 e. The molecule has 3 rings (SSSR count). The monoisotopic (exact) mass is 450 g/mol. The van der Waals surface area contributed by atoms with Gasteiger partial charge in [0, 0.05) is 18.2 Å². The number of nitrogens with two attached hydrogens (primary N) is 1. The largest absolute Gasteiger partial charge is 0.366 e. The van der Waals surface area contributed by atoms with Crippen molar-refractivity contribution in [3.63, 3.8) is 0 Å². The van der Waals surface area contributed by atoms with E-state index >= 15 is 0 Å². The van der Waals surface area contributed by atoms with Crippen LogP contribution in [0, 0.1) is 5.92 Å². The number of benzene rings is 3. The molecule has 0 saturated heterocycles. The summed E-state index contributed by atoms with van der Waals surface area (Å²) in [6.07, 6.45) is 0. The Bertz CT molecular complexity index is 1140. The van der Waals surface area contributed by atoms with Gasteiger partial charge in [-0.25, -0.2) is 8.42 Å². The van der Waals surface area contributed by atoms with Gasteiger partial charge in [0.05, 0.1) is 5.75 Å². The van der Waals surface area contributed by atoms with Crippen LogP contribution in [0.25, 0.3) is 11.1 Å². The van der Waals surface area contributed by atoms with Gasteiger partial charge in [0.25, 0.3) is 0 Å². The molecule has 0 unspecified atom stereocenters. The third-order valence-corrected chi connectivity index (χ3v) is 7.30. The molecule has 0 heterocycles. The Balaban J connectivity index is 1.84. The predicted octanol–water partition coefficient (Wildman–Crippen LogP) is 5.00. The SMILES string of the molecule is CC(C)CN([C@H](C)c1ccc(-c2ccc(C(N)=O)cc2)cc1)S(=O)(=O)Cc1ccccc1. The standard InChI is InChI=1S/C26H30N2O3S/c1-19(2)17-28(32(30,31)18-21-7-5-4-6-8-21)20(3)22-9-11-23(12-10-22)24-13-15-25(16-14-24)26(27)29/h4-16,19-20H,17-18H2,1-3H3,(H2,27,29)/t20-/m1/s1. The van der Waals surface area contributed by atoms with Gasteiger partial charge >= 0.3 is 0 Å². The van der Waals surface area contributed by atoms with Gasteiger partial charge in [-0.1, -0.05) is 80.6 Å². The lowest BCUT2D eigenvalue weighted by Gasteiger charge is -2.30. The van der Waals surface area contributed by atoms with Gasteiger partial charge < -0.3 is 5.73 Å². The molecule has 3 aromatic rings. The predicted molar refractivity (Wildman–Crippen MR) is 129 cm³/mol. The van der Waals surface area contributed by atoms with E-state index < -0.39 is 15.9 Å². The molecule has 0 fully saturated rings. The zero-order valence-corrected chi connectivity index (χ0v) is 19.5. The molecular formula is C26H30N2O3S. The highest BCUT2D eigenvalue weighted by Gasteiger charge is 2.29. The van der Waals surface area contributed by atoms with E-state index in [4.69, 9.17) is 5.73 Å². The van der Waals surface area contributed by atoms with Gasteiger partial charge in [0.15, 0.2) is 0 Å². The first kappa shape index (κ1) is 23.7. The Kier molecular flexibility index (Phi) is 7.48. The summed E-state index contributed by atoms with van der Waals surface area (Å²) >= 11 is 0. The maximum Gasteiger partial charge on any atom is 0.248 e. The molecule has 0 bridgehead atoms. The van der Waals surface area contributed by atoms with E-state index in [1.807, 2.05) is 87.5 Å². The smallest absolute Gasteiger partial charge is 0.248 e. The normalized spacial score (nSPS) is 12.8. The first-order valence-electron chi connectivity index (χ1n) is 10.7. The summed E-state index contributed by atoms with van der Waals surface area (Å²) in [5.41, 5.74) is 9.43. The lowest BCUT2D eigenvalue weighted by atomic mass is 10.00. The van der Waals surface area contributed by atoms with Crippen LogP contribution < -0.4 is 5.73 Å². The van der Waals surface area contributed by atoms with Gasteiger partial charge in [-0.15, -0.1) is 0 Å². The zero-order chi connectivity index (χ0) is 23.3. The van der Waals surface area contributed by atoms with Crippen molar-refractivity contribution in [1.82, 2.24) is 4.31 Å². The Morgan fingerprint density at radius 3 is 1.88 bits per heavy atom. The second-order valence-electron chi connectivity index (χ2n) is 8.44. The van der Waals surface area contributed by atoms with Crippen LogP contribution in [-0.4, -0.2) is 25.2 Å². The number of carbonyl (C=O) groups excluding carboxylic acids is 1. The molecule has 5 nitrogen and oxygen atoms in total. The van der Waals surface area contributed by atoms with E-state index in [1.54, 1.807) is 16.4 Å². The van der Waals surface area contributed by atoms with Crippen molar-refractivity contribution in [3.8, 4) is 11.1 Å². The Morgan fingerprint density at radius 1 is 0.844 bits per heavy atom. The first-order valence-corrected chi connectivity index (χ1v) is 12.3. The van der Waals surface area contributed by atoms with Crippen molar-refractivity contribution in [2.75, 3.05) is 6.54 Å². The summed E-state index contributed by atoms with van der Waals surface area (Å²) in [6.45, 7) is 6.43. The van der Waals surface area contributed by atoms with Crippen LogP contribution in [0.5, 0.6) is 0 Å². The highest BCUT2D eigenvalue weighted by atomic mass is 32.2. The summed E-state index contributed by atoms with van der Waals surface area (Å²) in [6, 6.07) is 24.0. The van der Waals surface area contributed by atoms with Gasteiger partial charge in [0.1, 0.15) is 0 Å². The Labute approximate surface area is 190 Å². The topological polar surface area (TPSA) is 80.5 Å². The number of sulfonamides is 1. The van der Waals surface area contributed by atoms with E-state index in [1.165, 1.54) is 0 Å². The molecule has 6 heteroatoms. The lowest BCUT2D eigenvalue weighted by molar-refractivity contribution is 0.100. The van der Waals surface area contributed by atoms with Crippen molar-refractivity contribution in [2.45, 2.75) is 32.6 Å². The number of hydrogen-bond acceptors (Lipinski definition) is 3. The molecule has 168 valence electrons. The quantitative estimate of drug-likeness (QED) is 0.498. The molecule has 2 N–H and O–H groups in total. The molecule has 0 saturated carbocycles. The average Bonchev–Trinajstić information content (AvgIpc) is 2.77. The van der Waals surface area contributed by atoms with Crippen LogP contribution in [0.15, 0.2) is 78.9 Å². The Morgan fingerprint density at radius 2 is 1.38 bits per heavy atom. The summed E-state index contributed by atoms with van der Waals surface area (Å²) in [7, 11) is -3.50. The van der Waals surface area contributed by atoms with E-state index in [2.05, 4.69) is 0 Å². The molecule has 0 aromatic heterocycles. The number of hydrogen-bond donors (Lipinski definition) is 1. The fourth-order valence-electron chi connectivity index (χ4n) is 3.69. The van der Waals surface area contributed by atoms with Crippen molar-refractivity contribution >= 4 is 15.9 Å². The molecule has 0 aliphatic heterocycles. The van der Waals surface area contributed by atoms with Gasteiger partial charge in [-0.2, -0.15) is 4.31 Å². The van der Waals surface area contributed by atoms with Crippen LogP contribution in [-0.2, 0) is 15.8 Å². The van der Waals surface area contributed by atoms with Crippen LogP contribution in [0.2, 0.25) is 0 Å². The van der Waals surface area contributed by atoms with E-state index in [0.717, 1.165) is 22.3 Å². The van der Waals surface area contributed by atoms with Gasteiger partial charge in [0.2, 0.25) is 15.9 Å². The maximum atomic E-state index is 13.3. The fraction of sp³-hybridized carbons (Fsp3) is 0.269. The fourth-order valence-corrected chi connectivity index (χ4v) is 5.60. The summed E-state index contributed by atoms with van der Waals surface area (Å²) in [4.78, 5) is 11.3. The highest BCUT2D eigenvalue weighted by Crippen LogP contribution is 2.29. The van der Waals surface area contributed by atoms with Gasteiger partial charge in [-0.05, 0) is 47.2 Å². The van der Waals surface area contributed by atoms with Crippen molar-refractivity contribution < 1.29 is 13.2 Å². The van der Waals surface area contributed by atoms with Crippen LogP contribution in [0.4, 0.5) is 0 Å². The summed E-state index contributed by atoms with van der Waals surface area (Å²) < 4.78 is 28.2. The molecule has 32 heavy (non-hydrogen) atoms. The molecule has 0 radical (unpaired) electrons. The lowest BCUT2D eigenvalue weighted by Crippen LogP contribution is -2.37. The van der Waals surface area contributed by atoms with Crippen LogP contribution in [0.1, 0.15) is 48.3 Å². The minimum absolute atomic E-state index is 0.0187. The van der Waals surface area contributed by atoms with E-state index in [-0.39, 0.29) is 17.7 Å². The molecule has 0 aliphatic carbocycles. The maximum absolute atomic E-state index is 13.3. The van der Waals surface area contributed by atoms with Crippen molar-refractivity contribution in [2.24, 2.45) is 11.7 Å². The number of amides is 1. The van der Waals surface area contributed by atoms with Crippen LogP contribution in [0.3, 0.4) is 0 Å². The first-order chi connectivity index (χ1) is 15.2. The summed E-state index contributed by atoms with van der Waals surface area (Å²) in [5.74, 6) is -0.274. The third-order valence-electron chi connectivity index (χ3n) is 5.42. The number of nitrogens with zero attached hydrogens (tertiary/aromatic N) is 1. The molecule has 1 atom stereocenters.